The van der Waals surface area contributed by atoms with Crippen LogP contribution in [0.25, 0.3) is 116 Å². The average Bonchev–Trinajstić information content (AvgIpc) is 4.00. The molecule has 12 aromatic rings. The predicted octanol–water partition coefficient (Wildman–Crippen LogP) is 15.8. The van der Waals surface area contributed by atoms with Gasteiger partial charge in [-0.05, 0) is 65.9 Å². The van der Waals surface area contributed by atoms with E-state index in [-0.39, 0.29) is 22.4 Å². The van der Waals surface area contributed by atoms with Crippen molar-refractivity contribution in [3.05, 3.63) is 222 Å². The molecule has 0 saturated heterocycles. The Morgan fingerprint density at radius 3 is 1.40 bits per heavy atom. The van der Waals surface area contributed by atoms with Gasteiger partial charge < -0.3 is 14.4 Å². The van der Waals surface area contributed by atoms with Crippen molar-refractivity contribution in [1.82, 2.24) is 14.5 Å². The Morgan fingerprint density at radius 2 is 0.931 bits per heavy atom. The van der Waals surface area contributed by atoms with Crippen LogP contribution in [0.15, 0.2) is 199 Å². The van der Waals surface area contributed by atoms with Crippen molar-refractivity contribution >= 4 is 49.5 Å². The van der Waals surface area contributed by atoms with E-state index in [9.17, 15) is 21.2 Å². The second-order valence-electron chi connectivity index (χ2n) is 17.8. The van der Waals surface area contributed by atoms with Gasteiger partial charge in [0.15, 0.2) is 5.82 Å². The Morgan fingerprint density at radius 1 is 0.486 bits per heavy atom. The smallest absolute Gasteiger partial charge is 0.161 e. The van der Waals surface area contributed by atoms with Crippen molar-refractivity contribution in [3.63, 3.8) is 0 Å². The van der Waals surface area contributed by atoms with Gasteiger partial charge in [0.05, 0.1) is 62.6 Å². The summed E-state index contributed by atoms with van der Waals surface area (Å²) in [6, 6.07) is 68.2. The van der Waals surface area contributed by atoms with Crippen molar-refractivity contribution in [2.75, 3.05) is 0 Å². The standard InChI is InChI=1S/C64H39N7O/c1-38-52(39(2)68)60(64-69-36-47(37-70-64)53-45(34-66)31-40(33-65)32-46(53)35-67)61(71-50-29-17-15-27-48(50)49-28-16-18-30-51(49)71)59-58-56(43-23-11-5-12-24-43)54(41-19-7-3-8-20-41)55(42-21-9-4-10-22-42)57(63(58)72-62(38)59)44-25-13-6-14-26-44/h3-32,36-37,68H,1-2H3. The fourth-order valence-corrected chi connectivity index (χ4v) is 10.8. The number of aromatic nitrogens is 3. The maximum Gasteiger partial charge on any atom is 0.161 e. The van der Waals surface area contributed by atoms with Gasteiger partial charge in [-0.1, -0.05) is 158 Å². The van der Waals surface area contributed by atoms with Gasteiger partial charge in [0.2, 0.25) is 0 Å². The summed E-state index contributed by atoms with van der Waals surface area (Å²) in [5.41, 5.74) is 15.5. The largest absolute Gasteiger partial charge is 0.455 e. The molecule has 0 atom stereocenters. The lowest BCUT2D eigenvalue weighted by Crippen LogP contribution is -2.09. The molecule has 0 bridgehead atoms. The summed E-state index contributed by atoms with van der Waals surface area (Å²) >= 11 is 0. The van der Waals surface area contributed by atoms with Crippen LogP contribution in [0, 0.1) is 46.3 Å². The topological polar surface area (TPSA) is 139 Å². The number of nitrogens with zero attached hydrogens (tertiary/aromatic N) is 6. The normalized spacial score (nSPS) is 11.2. The molecule has 0 radical (unpaired) electrons. The van der Waals surface area contributed by atoms with Crippen molar-refractivity contribution < 1.29 is 4.42 Å². The number of furan rings is 1. The van der Waals surface area contributed by atoms with E-state index in [1.807, 2.05) is 43.3 Å². The Hall–Kier alpha value is -10.2. The highest BCUT2D eigenvalue weighted by atomic mass is 16.3. The van der Waals surface area contributed by atoms with Gasteiger partial charge in [-0.3, -0.25) is 0 Å². The Kier molecular flexibility index (Phi) is 10.4. The summed E-state index contributed by atoms with van der Waals surface area (Å²) in [7, 11) is 0. The molecule has 3 heterocycles. The fraction of sp³-hybridized carbons (Fsp3) is 0.0312. The lowest BCUT2D eigenvalue weighted by Gasteiger charge is -2.23. The molecular weight excluding hydrogens is 883 g/mol. The second kappa shape index (κ2) is 17.4. The summed E-state index contributed by atoms with van der Waals surface area (Å²) in [6.45, 7) is 3.80. The first-order valence-corrected chi connectivity index (χ1v) is 23.5. The van der Waals surface area contributed by atoms with Crippen LogP contribution in [0.2, 0.25) is 0 Å². The van der Waals surface area contributed by atoms with E-state index in [0.717, 1.165) is 88.3 Å². The molecule has 0 fully saturated rings. The van der Waals surface area contributed by atoms with Gasteiger partial charge in [-0.15, -0.1) is 0 Å². The van der Waals surface area contributed by atoms with E-state index in [1.54, 1.807) is 19.3 Å². The molecule has 0 aliphatic heterocycles. The second-order valence-corrected chi connectivity index (χ2v) is 17.8. The van der Waals surface area contributed by atoms with Crippen molar-refractivity contribution in [2.45, 2.75) is 13.8 Å². The highest BCUT2D eigenvalue weighted by Crippen LogP contribution is 2.56. The summed E-state index contributed by atoms with van der Waals surface area (Å²) in [5.74, 6) is 0.330. The SMILES string of the molecule is CC(=N)c1c(-c2ncc(-c3c(C#N)cc(C#N)cc3C#N)cn2)c(-n2c3ccccc3c3ccccc32)c2c(oc3c(-c4ccccc4)c(-c4ccccc4)c(-c4ccccc4)c(-c4ccccc4)c32)c1C. The third-order valence-corrected chi connectivity index (χ3v) is 13.7. The lowest BCUT2D eigenvalue weighted by molar-refractivity contribution is 0.667. The van der Waals surface area contributed by atoms with Gasteiger partial charge >= 0.3 is 0 Å². The van der Waals surface area contributed by atoms with Crippen molar-refractivity contribution in [2.24, 2.45) is 0 Å². The average molecular weight is 922 g/mol. The monoisotopic (exact) mass is 921 g/mol. The van der Waals surface area contributed by atoms with Crippen LogP contribution < -0.4 is 0 Å². The van der Waals surface area contributed by atoms with Crippen LogP contribution >= 0.6 is 0 Å². The minimum Gasteiger partial charge on any atom is -0.455 e. The minimum atomic E-state index is 0.165. The van der Waals surface area contributed by atoms with Gasteiger partial charge in [-0.25, -0.2) is 9.97 Å². The van der Waals surface area contributed by atoms with Crippen molar-refractivity contribution in [1.29, 1.82) is 21.2 Å². The molecular formula is C64H39N7O. The van der Waals surface area contributed by atoms with E-state index in [0.29, 0.717) is 39.2 Å². The third-order valence-electron chi connectivity index (χ3n) is 13.7. The maximum absolute atomic E-state index is 10.3. The summed E-state index contributed by atoms with van der Waals surface area (Å²) < 4.78 is 9.93. The number of hydrogen-bond acceptors (Lipinski definition) is 7. The van der Waals surface area contributed by atoms with E-state index in [4.69, 9.17) is 14.4 Å². The molecule has 12 rings (SSSR count). The van der Waals surface area contributed by atoms with Crippen LogP contribution in [-0.2, 0) is 0 Å². The number of para-hydroxylation sites is 2. The molecule has 0 aliphatic carbocycles. The predicted molar refractivity (Wildman–Crippen MR) is 288 cm³/mol. The highest BCUT2D eigenvalue weighted by Gasteiger charge is 2.34. The molecule has 3 aromatic heterocycles. The number of nitrogens with one attached hydrogen (secondary N) is 1. The maximum atomic E-state index is 10.3. The Labute approximate surface area is 414 Å². The molecule has 8 nitrogen and oxygen atoms in total. The molecule has 0 amide bonds. The molecule has 9 aromatic carbocycles. The summed E-state index contributed by atoms with van der Waals surface area (Å²) in [4.78, 5) is 10.3. The minimum absolute atomic E-state index is 0.165. The van der Waals surface area contributed by atoms with Gasteiger partial charge in [0.1, 0.15) is 11.2 Å². The zero-order chi connectivity index (χ0) is 49.0. The van der Waals surface area contributed by atoms with E-state index >= 15 is 0 Å². The molecule has 8 heteroatoms. The number of aryl methyl sites for hydroxylation is 1. The number of nitriles is 3. The van der Waals surface area contributed by atoms with Gasteiger partial charge in [-0.2, -0.15) is 15.8 Å². The number of hydrogen-bond donors (Lipinski definition) is 1. The van der Waals surface area contributed by atoms with E-state index in [1.165, 1.54) is 12.1 Å². The fourth-order valence-electron chi connectivity index (χ4n) is 10.8. The molecule has 0 aliphatic rings. The van der Waals surface area contributed by atoms with Crippen LogP contribution in [0.4, 0.5) is 0 Å². The van der Waals surface area contributed by atoms with Crippen LogP contribution in [0.5, 0.6) is 0 Å². The first kappa shape index (κ1) is 43.1. The van der Waals surface area contributed by atoms with Crippen LogP contribution in [0.3, 0.4) is 0 Å². The highest BCUT2D eigenvalue weighted by molar-refractivity contribution is 6.29. The van der Waals surface area contributed by atoms with Crippen LogP contribution in [-0.4, -0.2) is 20.2 Å². The van der Waals surface area contributed by atoms with Gasteiger partial charge in [0, 0.05) is 73.2 Å². The molecule has 0 unspecified atom stereocenters. The first-order chi connectivity index (χ1) is 35.4. The van der Waals surface area contributed by atoms with Crippen LogP contribution in [0.1, 0.15) is 34.7 Å². The first-order valence-electron chi connectivity index (χ1n) is 23.5. The number of benzene rings is 9. The van der Waals surface area contributed by atoms with Crippen molar-refractivity contribution in [3.8, 4) is 90.9 Å². The Bertz CT molecular complexity index is 4220. The summed E-state index contributed by atoms with van der Waals surface area (Å²) in [6.07, 6.45) is 3.25. The zero-order valence-electron chi connectivity index (χ0n) is 39.1. The summed E-state index contributed by atoms with van der Waals surface area (Å²) in [5, 5.41) is 43.8. The quantitative estimate of drug-likeness (QED) is 0.151. The third kappa shape index (κ3) is 6.69. The molecule has 336 valence electrons. The van der Waals surface area contributed by atoms with E-state index in [2.05, 4.69) is 156 Å². The lowest BCUT2D eigenvalue weighted by atomic mass is 9.80. The van der Waals surface area contributed by atoms with E-state index < -0.39 is 0 Å². The number of rotatable bonds is 8. The molecule has 0 saturated carbocycles. The molecule has 1 N–H and O–H groups in total. The Balaban J connectivity index is 1.36. The molecule has 0 spiro atoms. The number of fused-ring (bicyclic) bond motifs is 6. The molecule has 72 heavy (non-hydrogen) atoms. The zero-order valence-corrected chi connectivity index (χ0v) is 39.1. The van der Waals surface area contributed by atoms with Gasteiger partial charge in [0.25, 0.3) is 0 Å².